The topological polar surface area (TPSA) is 95.5 Å². The molecule has 2 amide bonds. The monoisotopic (exact) mass is 453 g/mol. The van der Waals surface area contributed by atoms with Crippen molar-refractivity contribution < 1.29 is 9.53 Å². The first-order valence-corrected chi connectivity index (χ1v) is 10.6. The van der Waals surface area contributed by atoms with Crippen molar-refractivity contribution in [3.63, 3.8) is 0 Å². The second-order valence-electron chi connectivity index (χ2n) is 7.32. The van der Waals surface area contributed by atoms with E-state index in [2.05, 4.69) is 30.7 Å². The summed E-state index contributed by atoms with van der Waals surface area (Å²) in [5.41, 5.74) is 1.55. The van der Waals surface area contributed by atoms with Crippen molar-refractivity contribution in [3.8, 4) is 5.75 Å². The molecule has 0 unspecified atom stereocenters. The number of carbonyl (C=O) groups excluding carboxylic acids is 1. The van der Waals surface area contributed by atoms with E-state index >= 15 is 0 Å². The van der Waals surface area contributed by atoms with Gasteiger partial charge in [-0.25, -0.2) is 9.78 Å². The normalized spacial score (nSPS) is 13.6. The molecule has 0 radical (unpaired) electrons. The van der Waals surface area contributed by atoms with Gasteiger partial charge in [-0.05, 0) is 49.4 Å². The minimum absolute atomic E-state index is 0.165. The Kier molecular flexibility index (Phi) is 6.55. The number of hydrogen-bond donors (Lipinski definition) is 2. The van der Waals surface area contributed by atoms with Gasteiger partial charge in [-0.15, -0.1) is 10.2 Å². The number of benzene rings is 1. The maximum Gasteiger partial charge on any atom is 0.321 e. The summed E-state index contributed by atoms with van der Waals surface area (Å²) in [5.74, 6) is 2.69. The van der Waals surface area contributed by atoms with E-state index in [-0.39, 0.29) is 6.03 Å². The molecular formula is C22H24ClN7O2. The minimum Gasteiger partial charge on any atom is -0.495 e. The number of aryl methyl sites for hydroxylation is 1. The van der Waals surface area contributed by atoms with Crippen LogP contribution in [0.15, 0.2) is 48.5 Å². The van der Waals surface area contributed by atoms with Crippen LogP contribution in [0.4, 0.5) is 27.9 Å². The number of urea groups is 1. The molecule has 0 bridgehead atoms. The second-order valence-corrected chi connectivity index (χ2v) is 7.73. The maximum absolute atomic E-state index is 12.6. The van der Waals surface area contributed by atoms with Crippen molar-refractivity contribution >= 4 is 40.8 Å². The highest BCUT2D eigenvalue weighted by atomic mass is 35.5. The maximum atomic E-state index is 12.6. The van der Waals surface area contributed by atoms with E-state index in [1.54, 1.807) is 30.2 Å². The molecule has 0 saturated carbocycles. The molecule has 3 aromatic rings. The Morgan fingerprint density at radius 1 is 1.03 bits per heavy atom. The van der Waals surface area contributed by atoms with Crippen LogP contribution in [-0.4, -0.2) is 59.4 Å². The number of rotatable bonds is 5. The lowest BCUT2D eigenvalue weighted by molar-refractivity contribution is 0.208. The van der Waals surface area contributed by atoms with Crippen LogP contribution in [0.5, 0.6) is 5.75 Å². The highest BCUT2D eigenvalue weighted by Gasteiger charge is 2.22. The fraction of sp³-hybridized carbons (Fsp3) is 0.273. The molecule has 4 rings (SSSR count). The largest absolute Gasteiger partial charge is 0.495 e. The lowest BCUT2D eigenvalue weighted by Gasteiger charge is -2.35. The van der Waals surface area contributed by atoms with Gasteiger partial charge in [0.2, 0.25) is 0 Å². The standard InChI is InChI=1S/C22H24ClN7O2/c1-15-4-3-5-19(24-15)26-20-8-9-21(28-27-20)29-10-12-30(13-11-29)22(31)25-16-6-7-18(32-2)17(23)14-16/h3-9,14H,10-13H2,1-2H3,(H,25,31)(H,24,26,27). The summed E-state index contributed by atoms with van der Waals surface area (Å²) in [7, 11) is 1.55. The summed E-state index contributed by atoms with van der Waals surface area (Å²) in [6.45, 7) is 4.41. The number of aromatic nitrogens is 3. The van der Waals surface area contributed by atoms with Crippen molar-refractivity contribution in [2.75, 3.05) is 48.8 Å². The summed E-state index contributed by atoms with van der Waals surface area (Å²) in [4.78, 5) is 20.9. The van der Waals surface area contributed by atoms with E-state index in [0.29, 0.717) is 48.5 Å². The zero-order valence-corrected chi connectivity index (χ0v) is 18.6. The SMILES string of the molecule is COc1ccc(NC(=O)N2CCN(c3ccc(Nc4cccc(C)n4)nn3)CC2)cc1Cl. The Morgan fingerprint density at radius 3 is 2.50 bits per heavy atom. The Hall–Kier alpha value is -3.59. The molecule has 1 aromatic carbocycles. The number of nitrogens with zero attached hydrogens (tertiary/aromatic N) is 5. The van der Waals surface area contributed by atoms with Gasteiger partial charge < -0.3 is 25.2 Å². The van der Waals surface area contributed by atoms with Crippen LogP contribution in [0.25, 0.3) is 0 Å². The molecule has 2 N–H and O–H groups in total. The number of carbonyl (C=O) groups is 1. The number of hydrogen-bond acceptors (Lipinski definition) is 7. The summed E-state index contributed by atoms with van der Waals surface area (Å²) in [5, 5.41) is 15.1. The number of nitrogens with one attached hydrogen (secondary N) is 2. The summed E-state index contributed by atoms with van der Waals surface area (Å²) in [6.07, 6.45) is 0. The second kappa shape index (κ2) is 9.69. The molecule has 0 atom stereocenters. The Morgan fingerprint density at radius 2 is 1.84 bits per heavy atom. The molecular weight excluding hydrogens is 430 g/mol. The summed E-state index contributed by atoms with van der Waals surface area (Å²) < 4.78 is 5.14. The number of ether oxygens (including phenoxy) is 1. The fourth-order valence-corrected chi connectivity index (χ4v) is 3.65. The van der Waals surface area contributed by atoms with Gasteiger partial charge in [-0.2, -0.15) is 0 Å². The van der Waals surface area contributed by atoms with E-state index in [4.69, 9.17) is 16.3 Å². The lowest BCUT2D eigenvalue weighted by atomic mass is 10.3. The van der Waals surface area contributed by atoms with Crippen LogP contribution in [-0.2, 0) is 0 Å². The molecule has 1 fully saturated rings. The molecule has 0 spiro atoms. The zero-order chi connectivity index (χ0) is 22.5. The van der Waals surface area contributed by atoms with Crippen LogP contribution in [0.3, 0.4) is 0 Å². The lowest BCUT2D eigenvalue weighted by Crippen LogP contribution is -2.50. The number of anilines is 4. The van der Waals surface area contributed by atoms with Gasteiger partial charge in [-0.3, -0.25) is 0 Å². The molecule has 0 aliphatic carbocycles. The Labute approximate surface area is 191 Å². The smallest absolute Gasteiger partial charge is 0.321 e. The third-order valence-corrected chi connectivity index (χ3v) is 5.38. The molecule has 2 aromatic heterocycles. The number of piperazine rings is 1. The highest BCUT2D eigenvalue weighted by Crippen LogP contribution is 2.27. The van der Waals surface area contributed by atoms with Crippen LogP contribution in [0.2, 0.25) is 5.02 Å². The third kappa shape index (κ3) is 5.17. The molecule has 1 aliphatic heterocycles. The van der Waals surface area contributed by atoms with Crippen LogP contribution in [0, 0.1) is 6.92 Å². The summed E-state index contributed by atoms with van der Waals surface area (Å²) in [6, 6.07) is 14.5. The van der Waals surface area contributed by atoms with Gasteiger partial charge in [0.25, 0.3) is 0 Å². The van der Waals surface area contributed by atoms with Crippen LogP contribution >= 0.6 is 11.6 Å². The first-order valence-electron chi connectivity index (χ1n) is 10.2. The minimum atomic E-state index is -0.165. The van der Waals surface area contributed by atoms with Crippen LogP contribution in [0.1, 0.15) is 5.69 Å². The molecule has 3 heterocycles. The summed E-state index contributed by atoms with van der Waals surface area (Å²) >= 11 is 6.13. The van der Waals surface area contributed by atoms with E-state index in [0.717, 1.165) is 17.3 Å². The number of halogens is 1. The predicted molar refractivity (Wildman–Crippen MR) is 125 cm³/mol. The molecule has 1 aliphatic rings. The van der Waals surface area contributed by atoms with E-state index < -0.39 is 0 Å². The molecule has 9 nitrogen and oxygen atoms in total. The Bertz CT molecular complexity index is 1090. The van der Waals surface area contributed by atoms with Crippen molar-refractivity contribution in [2.24, 2.45) is 0 Å². The molecule has 166 valence electrons. The number of amides is 2. The van der Waals surface area contributed by atoms with Gasteiger partial charge in [0.1, 0.15) is 11.6 Å². The molecule has 10 heteroatoms. The van der Waals surface area contributed by atoms with Crippen molar-refractivity contribution in [2.45, 2.75) is 6.92 Å². The highest BCUT2D eigenvalue weighted by molar-refractivity contribution is 6.32. The fourth-order valence-electron chi connectivity index (χ4n) is 3.39. The quantitative estimate of drug-likeness (QED) is 0.604. The number of methoxy groups -OCH3 is 1. The predicted octanol–water partition coefficient (Wildman–Crippen LogP) is 3.94. The molecule has 1 saturated heterocycles. The van der Waals surface area contributed by atoms with Crippen LogP contribution < -0.4 is 20.3 Å². The van der Waals surface area contributed by atoms with Crippen molar-refractivity contribution in [1.29, 1.82) is 0 Å². The van der Waals surface area contributed by atoms with Crippen molar-refractivity contribution in [1.82, 2.24) is 20.1 Å². The van der Waals surface area contributed by atoms with Gasteiger partial charge in [0, 0.05) is 37.6 Å². The first kappa shape index (κ1) is 21.6. The van der Waals surface area contributed by atoms with Gasteiger partial charge in [0.15, 0.2) is 11.6 Å². The van der Waals surface area contributed by atoms with Gasteiger partial charge >= 0.3 is 6.03 Å². The average Bonchev–Trinajstić information content (AvgIpc) is 2.80. The Balaban J connectivity index is 1.30. The van der Waals surface area contributed by atoms with E-state index in [1.807, 2.05) is 37.3 Å². The zero-order valence-electron chi connectivity index (χ0n) is 17.9. The third-order valence-electron chi connectivity index (χ3n) is 5.09. The van der Waals surface area contributed by atoms with E-state index in [9.17, 15) is 4.79 Å². The first-order chi connectivity index (χ1) is 15.5. The van der Waals surface area contributed by atoms with Gasteiger partial charge in [0.05, 0.1) is 12.1 Å². The van der Waals surface area contributed by atoms with Crippen molar-refractivity contribution in [3.05, 3.63) is 59.2 Å². The average molecular weight is 454 g/mol. The number of pyridine rings is 1. The van der Waals surface area contributed by atoms with E-state index in [1.165, 1.54) is 0 Å². The van der Waals surface area contributed by atoms with Gasteiger partial charge in [-0.1, -0.05) is 17.7 Å². The molecule has 32 heavy (non-hydrogen) atoms.